The molecule has 0 aliphatic rings. The molecule has 0 fully saturated rings. The first-order valence-corrected chi connectivity index (χ1v) is 5.78. The van der Waals surface area contributed by atoms with Crippen molar-refractivity contribution in [3.05, 3.63) is 39.1 Å². The molecule has 2 aromatic heterocycles. The Balaban J connectivity index is 2.05. The first-order valence-electron chi connectivity index (χ1n) is 4.05. The van der Waals surface area contributed by atoms with Crippen LogP contribution in [0.5, 0.6) is 0 Å². The Morgan fingerprint density at radius 3 is 3.07 bits per heavy atom. The summed E-state index contributed by atoms with van der Waals surface area (Å²) in [6.07, 6.45) is 1.60. The number of aromatic nitrogens is 1. The highest BCUT2D eigenvalue weighted by Gasteiger charge is 2.11. The highest BCUT2D eigenvalue weighted by atomic mass is 79.9. The van der Waals surface area contributed by atoms with E-state index < -0.39 is 6.10 Å². The Kier molecular flexibility index (Phi) is 3.00. The zero-order chi connectivity index (χ0) is 9.97. The van der Waals surface area contributed by atoms with Gasteiger partial charge in [0, 0.05) is 11.8 Å². The van der Waals surface area contributed by atoms with Gasteiger partial charge in [-0.1, -0.05) is 0 Å². The zero-order valence-corrected chi connectivity index (χ0v) is 9.59. The molecule has 0 amide bonds. The first-order chi connectivity index (χ1) is 6.75. The summed E-state index contributed by atoms with van der Waals surface area (Å²) in [4.78, 5) is 4.05. The van der Waals surface area contributed by atoms with Gasteiger partial charge in [0.2, 0.25) is 0 Å². The van der Waals surface area contributed by atoms with Crippen LogP contribution in [0.2, 0.25) is 0 Å². The number of hydrogen-bond acceptors (Lipinski definition) is 4. The predicted octanol–water partition coefficient (Wildman–Crippen LogP) is 2.77. The molecule has 0 aromatic carbocycles. The van der Waals surface area contributed by atoms with E-state index in [1.165, 1.54) is 11.3 Å². The summed E-state index contributed by atoms with van der Waals surface area (Å²) in [5, 5.41) is 11.6. The second kappa shape index (κ2) is 4.25. The fourth-order valence-corrected chi connectivity index (χ4v) is 2.16. The van der Waals surface area contributed by atoms with E-state index in [1.807, 2.05) is 11.4 Å². The lowest BCUT2D eigenvalue weighted by molar-refractivity contribution is 0.174. The number of nitrogens with zero attached hydrogens (tertiary/aromatic N) is 1. The number of hydrogen-bond donors (Lipinski definition) is 1. The van der Waals surface area contributed by atoms with Crippen LogP contribution in [-0.4, -0.2) is 10.1 Å². The third-order valence-electron chi connectivity index (χ3n) is 1.84. The van der Waals surface area contributed by atoms with Gasteiger partial charge in [-0.05, 0) is 27.6 Å². The molecule has 0 spiro atoms. The van der Waals surface area contributed by atoms with Gasteiger partial charge >= 0.3 is 0 Å². The smallest absolute Gasteiger partial charge is 0.169 e. The predicted molar refractivity (Wildman–Crippen MR) is 57.2 cm³/mol. The SMILES string of the molecule is OC(Cc1coc(Br)c1)c1cscn1. The number of aliphatic hydroxyl groups excluding tert-OH is 1. The molecule has 2 heterocycles. The minimum absolute atomic E-state index is 0.527. The van der Waals surface area contributed by atoms with Crippen LogP contribution in [-0.2, 0) is 6.42 Å². The van der Waals surface area contributed by atoms with Crippen molar-refractivity contribution in [2.45, 2.75) is 12.5 Å². The summed E-state index contributed by atoms with van der Waals surface area (Å²) in [6, 6.07) is 1.84. The van der Waals surface area contributed by atoms with Gasteiger partial charge in [-0.15, -0.1) is 11.3 Å². The number of halogens is 1. The fourth-order valence-electron chi connectivity index (χ4n) is 1.17. The fraction of sp³-hybridized carbons (Fsp3) is 0.222. The molecular formula is C9H8BrNO2S. The largest absolute Gasteiger partial charge is 0.457 e. The van der Waals surface area contributed by atoms with E-state index in [4.69, 9.17) is 4.42 Å². The van der Waals surface area contributed by atoms with Crippen LogP contribution in [0, 0.1) is 0 Å². The summed E-state index contributed by atoms with van der Waals surface area (Å²) in [5.74, 6) is 0. The standard InChI is InChI=1S/C9H8BrNO2S/c10-9-2-6(3-13-9)1-8(12)7-4-14-5-11-7/h2-5,8,12H,1H2. The number of aliphatic hydroxyl groups is 1. The summed E-state index contributed by atoms with van der Waals surface area (Å²) in [7, 11) is 0. The van der Waals surface area contributed by atoms with E-state index >= 15 is 0 Å². The van der Waals surface area contributed by atoms with Crippen molar-refractivity contribution >= 4 is 27.3 Å². The molecule has 1 N–H and O–H groups in total. The third kappa shape index (κ3) is 2.23. The Labute approximate surface area is 93.5 Å². The molecule has 0 saturated carbocycles. The molecule has 0 radical (unpaired) electrons. The lowest BCUT2D eigenvalue weighted by Crippen LogP contribution is -2.00. The van der Waals surface area contributed by atoms with E-state index in [0.29, 0.717) is 16.8 Å². The molecule has 14 heavy (non-hydrogen) atoms. The van der Waals surface area contributed by atoms with Crippen molar-refractivity contribution < 1.29 is 9.52 Å². The maximum absolute atomic E-state index is 9.76. The Bertz CT molecular complexity index is 399. The molecular weight excluding hydrogens is 266 g/mol. The van der Waals surface area contributed by atoms with Gasteiger partial charge in [0.05, 0.1) is 17.5 Å². The minimum atomic E-state index is -0.550. The Morgan fingerprint density at radius 1 is 1.64 bits per heavy atom. The van der Waals surface area contributed by atoms with E-state index in [9.17, 15) is 5.11 Å². The van der Waals surface area contributed by atoms with Crippen molar-refractivity contribution in [1.82, 2.24) is 4.98 Å². The van der Waals surface area contributed by atoms with Gasteiger partial charge in [-0.3, -0.25) is 0 Å². The van der Waals surface area contributed by atoms with Crippen LogP contribution in [0.1, 0.15) is 17.4 Å². The summed E-state index contributed by atoms with van der Waals surface area (Å²) < 4.78 is 5.75. The molecule has 2 aromatic rings. The van der Waals surface area contributed by atoms with E-state index in [-0.39, 0.29) is 0 Å². The molecule has 0 saturated heterocycles. The van der Waals surface area contributed by atoms with Gasteiger partial charge in [-0.25, -0.2) is 4.98 Å². The highest BCUT2D eigenvalue weighted by molar-refractivity contribution is 9.10. The second-order valence-electron chi connectivity index (χ2n) is 2.89. The Morgan fingerprint density at radius 2 is 2.50 bits per heavy atom. The van der Waals surface area contributed by atoms with E-state index in [2.05, 4.69) is 20.9 Å². The van der Waals surface area contributed by atoms with Crippen molar-refractivity contribution in [3.63, 3.8) is 0 Å². The van der Waals surface area contributed by atoms with Crippen LogP contribution in [0.3, 0.4) is 0 Å². The van der Waals surface area contributed by atoms with Crippen LogP contribution in [0.25, 0.3) is 0 Å². The quantitative estimate of drug-likeness (QED) is 0.936. The summed E-state index contributed by atoms with van der Waals surface area (Å²) >= 11 is 4.69. The van der Waals surface area contributed by atoms with E-state index in [1.54, 1.807) is 11.8 Å². The number of rotatable bonds is 3. The zero-order valence-electron chi connectivity index (χ0n) is 7.18. The summed E-state index contributed by atoms with van der Waals surface area (Å²) in [6.45, 7) is 0. The molecule has 74 valence electrons. The average molecular weight is 274 g/mol. The number of thiazole rings is 1. The van der Waals surface area contributed by atoms with Crippen LogP contribution >= 0.6 is 27.3 Å². The van der Waals surface area contributed by atoms with E-state index in [0.717, 1.165) is 5.56 Å². The van der Waals surface area contributed by atoms with Gasteiger partial charge in [-0.2, -0.15) is 0 Å². The average Bonchev–Trinajstić information content (AvgIpc) is 2.75. The highest BCUT2D eigenvalue weighted by Crippen LogP contribution is 2.21. The van der Waals surface area contributed by atoms with Gasteiger partial charge in [0.1, 0.15) is 6.10 Å². The molecule has 1 unspecified atom stereocenters. The van der Waals surface area contributed by atoms with Crippen LogP contribution in [0.15, 0.2) is 32.3 Å². The normalized spacial score (nSPS) is 13.0. The second-order valence-corrected chi connectivity index (χ2v) is 4.39. The van der Waals surface area contributed by atoms with Crippen LogP contribution < -0.4 is 0 Å². The van der Waals surface area contributed by atoms with Crippen molar-refractivity contribution in [2.75, 3.05) is 0 Å². The molecule has 2 rings (SSSR count). The molecule has 3 nitrogen and oxygen atoms in total. The molecule has 0 bridgehead atoms. The molecule has 0 aliphatic carbocycles. The monoisotopic (exact) mass is 273 g/mol. The Hall–Kier alpha value is -0.650. The van der Waals surface area contributed by atoms with Gasteiger partial charge in [0.15, 0.2) is 4.67 Å². The summed E-state index contributed by atoms with van der Waals surface area (Å²) in [5.41, 5.74) is 3.38. The molecule has 5 heteroatoms. The maximum atomic E-state index is 9.76. The minimum Gasteiger partial charge on any atom is -0.457 e. The number of furan rings is 1. The van der Waals surface area contributed by atoms with Crippen LogP contribution in [0.4, 0.5) is 0 Å². The van der Waals surface area contributed by atoms with Crippen molar-refractivity contribution in [1.29, 1.82) is 0 Å². The molecule has 1 atom stereocenters. The van der Waals surface area contributed by atoms with Crippen molar-refractivity contribution in [3.8, 4) is 0 Å². The topological polar surface area (TPSA) is 46.3 Å². The first kappa shape index (κ1) is 9.89. The van der Waals surface area contributed by atoms with Crippen molar-refractivity contribution in [2.24, 2.45) is 0 Å². The molecule has 0 aliphatic heterocycles. The van der Waals surface area contributed by atoms with Gasteiger partial charge in [0.25, 0.3) is 0 Å². The lowest BCUT2D eigenvalue weighted by Gasteiger charge is -2.04. The lowest BCUT2D eigenvalue weighted by atomic mass is 10.1. The van der Waals surface area contributed by atoms with Gasteiger partial charge < -0.3 is 9.52 Å². The maximum Gasteiger partial charge on any atom is 0.169 e. The third-order valence-corrected chi connectivity index (χ3v) is 2.86.